The predicted molar refractivity (Wildman–Crippen MR) is 105 cm³/mol. The van der Waals surface area contributed by atoms with Gasteiger partial charge < -0.3 is 14.6 Å². The quantitative estimate of drug-likeness (QED) is 0.869. The third-order valence-corrected chi connectivity index (χ3v) is 5.18. The number of aromatic nitrogens is 2. The fourth-order valence-electron chi connectivity index (χ4n) is 4.00. The summed E-state index contributed by atoms with van der Waals surface area (Å²) in [4.78, 5) is 13.7. The smallest absolute Gasteiger partial charge is 0.161 e. The van der Waals surface area contributed by atoms with Crippen LogP contribution in [-0.2, 0) is 0 Å². The topological polar surface area (TPSA) is 76.8 Å². The zero-order valence-corrected chi connectivity index (χ0v) is 16.3. The summed E-state index contributed by atoms with van der Waals surface area (Å²) in [6, 6.07) is 4.18. The standard InChI is InChI=1S/C20H23N3O3.ClH/c1-3-26-19-9-13-14-8-12(24)4-5-16(14)23-20(15(13)10-18(19)25-2)17-11-21-6-7-22-17;/h6-7,9-12,14,16,24H,3-5,8H2,1-2H3;1H/t12-,14-,16-;/m1./s1. The Morgan fingerprint density at radius 3 is 2.74 bits per heavy atom. The van der Waals surface area contributed by atoms with E-state index >= 15 is 0 Å². The maximum absolute atomic E-state index is 10.2. The van der Waals surface area contributed by atoms with Gasteiger partial charge in [-0.3, -0.25) is 15.0 Å². The molecule has 2 aromatic rings. The van der Waals surface area contributed by atoms with E-state index in [9.17, 15) is 5.11 Å². The molecular formula is C20H24ClN3O3. The van der Waals surface area contributed by atoms with Gasteiger partial charge >= 0.3 is 0 Å². The predicted octanol–water partition coefficient (Wildman–Crippen LogP) is 3.15. The summed E-state index contributed by atoms with van der Waals surface area (Å²) in [5.74, 6) is 1.59. The Morgan fingerprint density at radius 2 is 2.04 bits per heavy atom. The zero-order valence-electron chi connectivity index (χ0n) is 15.5. The lowest BCUT2D eigenvalue weighted by atomic mass is 9.74. The molecule has 2 heterocycles. The molecule has 1 fully saturated rings. The van der Waals surface area contributed by atoms with Gasteiger partial charge in [-0.1, -0.05) is 0 Å². The van der Waals surface area contributed by atoms with Crippen LogP contribution in [0.15, 0.2) is 35.7 Å². The maximum Gasteiger partial charge on any atom is 0.161 e. The van der Waals surface area contributed by atoms with Crippen LogP contribution < -0.4 is 9.47 Å². The minimum absolute atomic E-state index is 0. The van der Waals surface area contributed by atoms with Crippen LogP contribution in [0.2, 0.25) is 0 Å². The lowest BCUT2D eigenvalue weighted by Crippen LogP contribution is -2.34. The molecule has 1 N–H and O–H groups in total. The van der Waals surface area contributed by atoms with E-state index in [1.54, 1.807) is 25.7 Å². The largest absolute Gasteiger partial charge is 0.493 e. The summed E-state index contributed by atoms with van der Waals surface area (Å²) in [6.07, 6.45) is 7.16. The Balaban J connectivity index is 0.00000210. The number of benzene rings is 1. The van der Waals surface area contributed by atoms with Gasteiger partial charge in [-0.05, 0) is 43.9 Å². The van der Waals surface area contributed by atoms with E-state index in [1.165, 1.54) is 0 Å². The second kappa shape index (κ2) is 8.23. The number of halogens is 1. The lowest BCUT2D eigenvalue weighted by molar-refractivity contribution is 0.111. The fraction of sp³-hybridized carbons (Fsp3) is 0.450. The van der Waals surface area contributed by atoms with Crippen molar-refractivity contribution in [1.29, 1.82) is 0 Å². The second-order valence-corrected chi connectivity index (χ2v) is 6.73. The normalized spacial score (nSPS) is 23.4. The van der Waals surface area contributed by atoms with Gasteiger partial charge in [0.2, 0.25) is 0 Å². The first-order valence-electron chi connectivity index (χ1n) is 9.08. The van der Waals surface area contributed by atoms with Crippen molar-refractivity contribution >= 4 is 18.1 Å². The van der Waals surface area contributed by atoms with Crippen molar-refractivity contribution in [1.82, 2.24) is 9.97 Å². The SMILES string of the molecule is CCOc1cc2c(cc1OC)C(c1cnccn1)=N[C@@H]1CC[C@@H](O)C[C@H]21.Cl. The van der Waals surface area contributed by atoms with Gasteiger partial charge in [0.15, 0.2) is 11.5 Å². The van der Waals surface area contributed by atoms with E-state index in [-0.39, 0.29) is 30.5 Å². The molecule has 1 aliphatic heterocycles. The van der Waals surface area contributed by atoms with Gasteiger partial charge in [-0.2, -0.15) is 0 Å². The Bertz CT molecular complexity index is 829. The molecule has 144 valence electrons. The van der Waals surface area contributed by atoms with Crippen molar-refractivity contribution in [2.75, 3.05) is 13.7 Å². The summed E-state index contributed by atoms with van der Waals surface area (Å²) in [5.41, 5.74) is 3.73. The molecule has 0 spiro atoms. The first-order valence-corrected chi connectivity index (χ1v) is 9.08. The second-order valence-electron chi connectivity index (χ2n) is 6.73. The highest BCUT2D eigenvalue weighted by atomic mass is 35.5. The molecule has 7 heteroatoms. The summed E-state index contributed by atoms with van der Waals surface area (Å²) < 4.78 is 11.3. The summed E-state index contributed by atoms with van der Waals surface area (Å²) in [7, 11) is 1.64. The van der Waals surface area contributed by atoms with Crippen molar-refractivity contribution < 1.29 is 14.6 Å². The molecule has 1 saturated carbocycles. The summed E-state index contributed by atoms with van der Waals surface area (Å²) >= 11 is 0. The lowest BCUT2D eigenvalue weighted by Gasteiger charge is -2.37. The van der Waals surface area contributed by atoms with Crippen LogP contribution in [0.5, 0.6) is 11.5 Å². The molecule has 1 aromatic heterocycles. The van der Waals surface area contributed by atoms with Gasteiger partial charge in [-0.15, -0.1) is 12.4 Å². The van der Waals surface area contributed by atoms with E-state index in [1.807, 2.05) is 13.0 Å². The number of ether oxygens (including phenoxy) is 2. The van der Waals surface area contributed by atoms with Crippen molar-refractivity contribution in [2.45, 2.75) is 44.2 Å². The first-order chi connectivity index (χ1) is 12.7. The molecule has 3 atom stereocenters. The van der Waals surface area contributed by atoms with E-state index < -0.39 is 0 Å². The van der Waals surface area contributed by atoms with Crippen LogP contribution in [0, 0.1) is 0 Å². The van der Waals surface area contributed by atoms with Crippen LogP contribution in [-0.4, -0.2) is 46.6 Å². The average molecular weight is 390 g/mol. The molecule has 1 aromatic carbocycles. The molecule has 0 bridgehead atoms. The molecule has 0 saturated heterocycles. The van der Waals surface area contributed by atoms with Crippen LogP contribution in [0.4, 0.5) is 0 Å². The van der Waals surface area contributed by atoms with Crippen LogP contribution in [0.1, 0.15) is 48.9 Å². The Hall–Kier alpha value is -2.18. The van der Waals surface area contributed by atoms with Crippen LogP contribution >= 0.6 is 12.4 Å². The van der Waals surface area contributed by atoms with Gasteiger partial charge in [0.05, 0.1) is 37.8 Å². The Morgan fingerprint density at radius 1 is 1.19 bits per heavy atom. The van der Waals surface area contributed by atoms with Crippen molar-refractivity contribution in [3.05, 3.63) is 47.5 Å². The van der Waals surface area contributed by atoms with Crippen LogP contribution in [0.3, 0.4) is 0 Å². The highest BCUT2D eigenvalue weighted by Crippen LogP contribution is 2.44. The minimum Gasteiger partial charge on any atom is -0.493 e. The van der Waals surface area contributed by atoms with E-state index in [2.05, 4.69) is 16.0 Å². The number of aliphatic hydroxyl groups is 1. The number of nitrogens with zero attached hydrogens (tertiary/aromatic N) is 3. The van der Waals surface area contributed by atoms with E-state index in [0.717, 1.165) is 41.1 Å². The van der Waals surface area contributed by atoms with Gasteiger partial charge in [0.1, 0.15) is 5.69 Å². The number of aliphatic hydroxyl groups excluding tert-OH is 1. The van der Waals surface area contributed by atoms with Crippen molar-refractivity contribution in [3.8, 4) is 11.5 Å². The van der Waals surface area contributed by atoms with Crippen LogP contribution in [0.25, 0.3) is 0 Å². The molecule has 0 amide bonds. The van der Waals surface area contributed by atoms with Gasteiger partial charge in [0.25, 0.3) is 0 Å². The molecule has 0 radical (unpaired) electrons. The summed E-state index contributed by atoms with van der Waals surface area (Å²) in [5, 5.41) is 10.2. The van der Waals surface area contributed by atoms with Crippen molar-refractivity contribution in [2.24, 2.45) is 4.99 Å². The molecule has 1 aliphatic carbocycles. The number of hydrogen-bond acceptors (Lipinski definition) is 6. The molecule has 4 rings (SSSR count). The van der Waals surface area contributed by atoms with E-state index in [0.29, 0.717) is 18.8 Å². The number of hydrogen-bond donors (Lipinski definition) is 1. The van der Waals surface area contributed by atoms with Crippen molar-refractivity contribution in [3.63, 3.8) is 0 Å². The number of aliphatic imine (C=N–C) groups is 1. The third kappa shape index (κ3) is 3.64. The monoisotopic (exact) mass is 389 g/mol. The third-order valence-electron chi connectivity index (χ3n) is 5.18. The molecular weight excluding hydrogens is 366 g/mol. The number of rotatable bonds is 4. The van der Waals surface area contributed by atoms with Gasteiger partial charge in [-0.25, -0.2) is 0 Å². The Kier molecular flexibility index (Phi) is 5.97. The molecule has 6 nitrogen and oxygen atoms in total. The number of methoxy groups -OCH3 is 1. The molecule has 27 heavy (non-hydrogen) atoms. The minimum atomic E-state index is -0.282. The molecule has 2 aliphatic rings. The highest BCUT2D eigenvalue weighted by Gasteiger charge is 2.37. The highest BCUT2D eigenvalue weighted by molar-refractivity contribution is 6.13. The van der Waals surface area contributed by atoms with E-state index in [4.69, 9.17) is 14.5 Å². The number of fused-ring (bicyclic) bond motifs is 3. The average Bonchev–Trinajstić information content (AvgIpc) is 2.68. The fourth-order valence-corrected chi connectivity index (χ4v) is 4.00. The first kappa shape index (κ1) is 19.6. The van der Waals surface area contributed by atoms with Gasteiger partial charge in [0, 0.05) is 23.9 Å². The zero-order chi connectivity index (χ0) is 18.1. The Labute approximate surface area is 165 Å². The molecule has 0 unspecified atom stereocenters. The maximum atomic E-state index is 10.2. The summed E-state index contributed by atoms with van der Waals surface area (Å²) in [6.45, 7) is 2.52.